The van der Waals surface area contributed by atoms with Gasteiger partial charge in [-0.05, 0) is 19.9 Å². The molecule has 0 aromatic carbocycles. The zero-order valence-electron chi connectivity index (χ0n) is 7.91. The van der Waals surface area contributed by atoms with Crippen molar-refractivity contribution in [3.05, 3.63) is 12.2 Å². The number of rotatable bonds is 3. The molecule has 0 saturated carbocycles. The number of nitrogens with zero attached hydrogens (tertiary/aromatic N) is 1. The van der Waals surface area contributed by atoms with Crippen LogP contribution in [0.5, 0.6) is 0 Å². The highest BCUT2D eigenvalue weighted by molar-refractivity contribution is 5.70. The monoisotopic (exact) mass is 157 g/mol. The van der Waals surface area contributed by atoms with Crippen LogP contribution in [0.2, 0.25) is 0 Å². The van der Waals surface area contributed by atoms with Gasteiger partial charge >= 0.3 is 0 Å². The molecule has 0 saturated heterocycles. The first-order valence-electron chi connectivity index (χ1n) is 4.06. The molecule has 0 radical (unpaired) electrons. The topological polar surface area (TPSA) is 32.6 Å². The summed E-state index contributed by atoms with van der Waals surface area (Å²) in [7, 11) is 0. The molecule has 1 unspecified atom stereocenters. The average molecular weight is 157 g/mol. The van der Waals surface area contributed by atoms with Crippen LogP contribution < -0.4 is 0 Å². The van der Waals surface area contributed by atoms with Crippen molar-refractivity contribution in [3.8, 4) is 0 Å². The second-order valence-electron chi connectivity index (χ2n) is 1.86. The molecular formula is C9H19NO. The van der Waals surface area contributed by atoms with Gasteiger partial charge in [-0.1, -0.05) is 19.9 Å². The molecule has 66 valence electrons. The second kappa shape index (κ2) is 12.1. The molecule has 0 fully saturated rings. The summed E-state index contributed by atoms with van der Waals surface area (Å²) in [5, 5.41) is 8.50. The van der Waals surface area contributed by atoms with E-state index >= 15 is 0 Å². The molecule has 0 rings (SSSR count). The number of aliphatic hydroxyl groups excluding tert-OH is 1. The molecule has 0 aromatic heterocycles. The Morgan fingerprint density at radius 2 is 2.00 bits per heavy atom. The first kappa shape index (κ1) is 13.0. The van der Waals surface area contributed by atoms with Gasteiger partial charge in [0.2, 0.25) is 0 Å². The number of hydrogen-bond acceptors (Lipinski definition) is 2. The Labute approximate surface area is 69.7 Å². The Balaban J connectivity index is 0. The van der Waals surface area contributed by atoms with E-state index in [0.29, 0.717) is 0 Å². The van der Waals surface area contributed by atoms with Crippen LogP contribution in [0, 0.1) is 0 Å². The predicted octanol–water partition coefficient (Wildman–Crippen LogP) is 2.04. The van der Waals surface area contributed by atoms with Crippen LogP contribution in [-0.2, 0) is 0 Å². The molecule has 1 N–H and O–H groups in total. The molecule has 0 bridgehead atoms. The van der Waals surface area contributed by atoms with Gasteiger partial charge in [0.05, 0.1) is 12.6 Å². The summed E-state index contributed by atoms with van der Waals surface area (Å²) in [5.74, 6) is 0. The first-order chi connectivity index (χ1) is 5.31. The van der Waals surface area contributed by atoms with Crippen LogP contribution in [0.3, 0.4) is 0 Å². The van der Waals surface area contributed by atoms with Crippen LogP contribution in [-0.4, -0.2) is 24.0 Å². The molecule has 0 spiro atoms. The van der Waals surface area contributed by atoms with E-state index in [0.717, 1.165) is 0 Å². The highest BCUT2D eigenvalue weighted by atomic mass is 16.3. The Kier molecular flexibility index (Phi) is 14.3. The van der Waals surface area contributed by atoms with Gasteiger partial charge < -0.3 is 5.11 Å². The summed E-state index contributed by atoms with van der Waals surface area (Å²) < 4.78 is 0. The third-order valence-corrected chi connectivity index (χ3v) is 0.883. The Morgan fingerprint density at radius 1 is 1.45 bits per heavy atom. The van der Waals surface area contributed by atoms with Crippen molar-refractivity contribution in [2.75, 3.05) is 6.61 Å². The van der Waals surface area contributed by atoms with Gasteiger partial charge in [0, 0.05) is 6.21 Å². The number of aliphatic hydroxyl groups is 1. The van der Waals surface area contributed by atoms with Crippen LogP contribution in [0.15, 0.2) is 17.1 Å². The minimum atomic E-state index is 0.0289. The number of aliphatic imine (C=N–C) groups is 1. The van der Waals surface area contributed by atoms with Crippen LogP contribution in [0.1, 0.15) is 27.7 Å². The van der Waals surface area contributed by atoms with E-state index in [-0.39, 0.29) is 12.6 Å². The maximum atomic E-state index is 8.50. The molecular weight excluding hydrogens is 138 g/mol. The lowest BCUT2D eigenvalue weighted by molar-refractivity contribution is 0.275. The molecule has 0 aliphatic heterocycles. The van der Waals surface area contributed by atoms with E-state index < -0.39 is 0 Å². The summed E-state index contributed by atoms with van der Waals surface area (Å²) in [4.78, 5) is 3.97. The number of allylic oxidation sites excluding steroid dienone is 2. The molecule has 1 atom stereocenters. The Morgan fingerprint density at radius 3 is 2.36 bits per heavy atom. The third-order valence-electron chi connectivity index (χ3n) is 0.883. The van der Waals surface area contributed by atoms with Crippen molar-refractivity contribution in [2.24, 2.45) is 4.99 Å². The number of hydrogen-bond donors (Lipinski definition) is 1. The normalized spacial score (nSPS) is 13.2. The molecule has 0 aliphatic rings. The van der Waals surface area contributed by atoms with Gasteiger partial charge in [0.1, 0.15) is 0 Å². The minimum Gasteiger partial charge on any atom is -0.394 e. The fraction of sp³-hybridized carbons (Fsp3) is 0.667. The molecule has 0 aliphatic carbocycles. The summed E-state index contributed by atoms with van der Waals surface area (Å²) in [6, 6.07) is 0.0289. The second-order valence-corrected chi connectivity index (χ2v) is 1.86. The van der Waals surface area contributed by atoms with Gasteiger partial charge in [-0.15, -0.1) is 0 Å². The summed E-state index contributed by atoms with van der Waals surface area (Å²) in [6.07, 6.45) is 5.43. The minimum absolute atomic E-state index is 0.0289. The first-order valence-corrected chi connectivity index (χ1v) is 4.06. The van der Waals surface area contributed by atoms with Crippen LogP contribution in [0.4, 0.5) is 0 Å². The lowest BCUT2D eigenvalue weighted by Crippen LogP contribution is -2.02. The van der Waals surface area contributed by atoms with E-state index in [9.17, 15) is 0 Å². The van der Waals surface area contributed by atoms with Gasteiger partial charge in [0.15, 0.2) is 0 Å². The predicted molar refractivity (Wildman–Crippen MR) is 51.2 cm³/mol. The Hall–Kier alpha value is -0.630. The quantitative estimate of drug-likeness (QED) is 0.625. The van der Waals surface area contributed by atoms with Crippen molar-refractivity contribution < 1.29 is 5.11 Å². The zero-order chi connectivity index (χ0) is 9.11. The van der Waals surface area contributed by atoms with Gasteiger partial charge in [-0.3, -0.25) is 4.99 Å². The third kappa shape index (κ3) is 12.5. The van der Waals surface area contributed by atoms with Gasteiger partial charge in [0.25, 0.3) is 0 Å². The van der Waals surface area contributed by atoms with Crippen molar-refractivity contribution in [1.29, 1.82) is 0 Å². The van der Waals surface area contributed by atoms with E-state index in [1.54, 1.807) is 6.21 Å². The van der Waals surface area contributed by atoms with Gasteiger partial charge in [-0.25, -0.2) is 0 Å². The zero-order valence-corrected chi connectivity index (χ0v) is 7.91. The molecule has 2 heteroatoms. The van der Waals surface area contributed by atoms with E-state index in [1.807, 2.05) is 39.8 Å². The van der Waals surface area contributed by atoms with Gasteiger partial charge in [-0.2, -0.15) is 0 Å². The summed E-state index contributed by atoms with van der Waals surface area (Å²) in [5.41, 5.74) is 0. The van der Waals surface area contributed by atoms with Crippen LogP contribution >= 0.6 is 0 Å². The largest absolute Gasteiger partial charge is 0.394 e. The summed E-state index contributed by atoms with van der Waals surface area (Å²) in [6.45, 7) is 7.91. The smallest absolute Gasteiger partial charge is 0.0702 e. The van der Waals surface area contributed by atoms with Crippen molar-refractivity contribution in [2.45, 2.75) is 33.7 Å². The summed E-state index contributed by atoms with van der Waals surface area (Å²) >= 11 is 0. The van der Waals surface area contributed by atoms with Crippen molar-refractivity contribution >= 4 is 6.21 Å². The average Bonchev–Trinajstić information content (AvgIpc) is 2.08. The molecule has 0 heterocycles. The lowest BCUT2D eigenvalue weighted by Gasteiger charge is -1.95. The molecule has 2 nitrogen and oxygen atoms in total. The maximum Gasteiger partial charge on any atom is 0.0702 e. The maximum absolute atomic E-state index is 8.50. The highest BCUT2D eigenvalue weighted by Crippen LogP contribution is 1.83. The standard InChI is InChI=1S/C7H13NO.C2H6/c1-3-4-5-8-7(2)6-9;1-2/h3-5,7,9H,6H2,1-2H3;1-2H3/b4-3-,8-5?;. The van der Waals surface area contributed by atoms with Crippen molar-refractivity contribution in [3.63, 3.8) is 0 Å². The highest BCUT2D eigenvalue weighted by Gasteiger charge is 1.89. The molecule has 11 heavy (non-hydrogen) atoms. The molecule has 0 aromatic rings. The SMILES string of the molecule is C/C=C\C=NC(C)CO.CC. The molecule has 0 amide bonds. The fourth-order valence-electron chi connectivity index (χ4n) is 0.330. The fourth-order valence-corrected chi connectivity index (χ4v) is 0.330. The van der Waals surface area contributed by atoms with Crippen molar-refractivity contribution in [1.82, 2.24) is 0 Å². The van der Waals surface area contributed by atoms with Crippen LogP contribution in [0.25, 0.3) is 0 Å². The Bertz CT molecular complexity index is 108. The van der Waals surface area contributed by atoms with E-state index in [4.69, 9.17) is 5.11 Å². The van der Waals surface area contributed by atoms with E-state index in [1.165, 1.54) is 0 Å². The van der Waals surface area contributed by atoms with E-state index in [2.05, 4.69) is 4.99 Å². The lowest BCUT2D eigenvalue weighted by atomic mass is 10.4.